The van der Waals surface area contributed by atoms with Gasteiger partial charge >= 0.3 is 0 Å². The molecule has 3 heteroatoms. The van der Waals surface area contributed by atoms with Crippen LogP contribution in [0, 0.1) is 19.8 Å². The maximum atomic E-state index is 9.73. The van der Waals surface area contributed by atoms with Crippen molar-refractivity contribution in [2.75, 3.05) is 0 Å². The predicted molar refractivity (Wildman–Crippen MR) is 65.4 cm³/mol. The van der Waals surface area contributed by atoms with Crippen molar-refractivity contribution in [2.24, 2.45) is 5.92 Å². The molecule has 0 aliphatic carbocycles. The topological polar surface area (TPSA) is 33.1 Å². The number of rotatable bonds is 5. The van der Waals surface area contributed by atoms with Gasteiger partial charge in [0.25, 0.3) is 0 Å². The normalized spacial score (nSPS) is 13.5. The van der Waals surface area contributed by atoms with Gasteiger partial charge < -0.3 is 5.11 Å². The first-order valence-electron chi connectivity index (χ1n) is 5.60. The van der Waals surface area contributed by atoms with Crippen LogP contribution in [0.15, 0.2) is 0 Å². The van der Waals surface area contributed by atoms with Gasteiger partial charge in [-0.2, -0.15) is 0 Å². The van der Waals surface area contributed by atoms with Crippen LogP contribution in [0.1, 0.15) is 42.3 Å². The van der Waals surface area contributed by atoms with Gasteiger partial charge in [-0.3, -0.25) is 0 Å². The minimum Gasteiger partial charge on any atom is -0.393 e. The standard InChI is InChI=1S/C12H21NOS/c1-8(2)7-11(14)5-6-12-13-9(3)10(4)15-12/h8,11,14H,5-7H2,1-4H3. The van der Waals surface area contributed by atoms with Gasteiger partial charge in [-0.05, 0) is 32.6 Å². The van der Waals surface area contributed by atoms with Crippen molar-refractivity contribution >= 4 is 11.3 Å². The molecule has 0 radical (unpaired) electrons. The van der Waals surface area contributed by atoms with E-state index in [0.717, 1.165) is 30.0 Å². The monoisotopic (exact) mass is 227 g/mol. The highest BCUT2D eigenvalue weighted by molar-refractivity contribution is 7.11. The summed E-state index contributed by atoms with van der Waals surface area (Å²) in [6.45, 7) is 8.42. The number of aliphatic hydroxyl groups is 1. The molecule has 2 nitrogen and oxygen atoms in total. The second-order valence-electron chi connectivity index (χ2n) is 4.57. The lowest BCUT2D eigenvalue weighted by molar-refractivity contribution is 0.139. The van der Waals surface area contributed by atoms with Crippen LogP contribution >= 0.6 is 11.3 Å². The van der Waals surface area contributed by atoms with Gasteiger partial charge in [0.05, 0.1) is 16.8 Å². The fraction of sp³-hybridized carbons (Fsp3) is 0.750. The molecule has 15 heavy (non-hydrogen) atoms. The van der Waals surface area contributed by atoms with E-state index in [0.29, 0.717) is 5.92 Å². The van der Waals surface area contributed by atoms with E-state index in [-0.39, 0.29) is 6.10 Å². The molecule has 1 rings (SSSR count). The average molecular weight is 227 g/mol. The Morgan fingerprint density at radius 2 is 2.00 bits per heavy atom. The minimum atomic E-state index is -0.172. The number of hydrogen-bond donors (Lipinski definition) is 1. The minimum absolute atomic E-state index is 0.172. The lowest BCUT2D eigenvalue weighted by Crippen LogP contribution is -2.11. The number of nitrogens with zero attached hydrogens (tertiary/aromatic N) is 1. The van der Waals surface area contributed by atoms with Crippen molar-refractivity contribution in [3.63, 3.8) is 0 Å². The number of thiazole rings is 1. The zero-order valence-corrected chi connectivity index (χ0v) is 10.9. The largest absolute Gasteiger partial charge is 0.393 e. The van der Waals surface area contributed by atoms with E-state index in [1.165, 1.54) is 4.88 Å². The summed E-state index contributed by atoms with van der Waals surface area (Å²) in [5.74, 6) is 0.569. The molecule has 0 saturated carbocycles. The Balaban J connectivity index is 2.36. The fourth-order valence-electron chi connectivity index (χ4n) is 1.60. The summed E-state index contributed by atoms with van der Waals surface area (Å²) in [6, 6.07) is 0. The molecule has 86 valence electrons. The van der Waals surface area contributed by atoms with Crippen molar-refractivity contribution in [3.05, 3.63) is 15.6 Å². The molecule has 0 bridgehead atoms. The molecule has 0 aromatic carbocycles. The number of aryl methyl sites for hydroxylation is 3. The van der Waals surface area contributed by atoms with E-state index in [1.807, 2.05) is 6.92 Å². The SMILES string of the molecule is Cc1nc(CCC(O)CC(C)C)sc1C. The predicted octanol–water partition coefficient (Wildman–Crippen LogP) is 3.10. The lowest BCUT2D eigenvalue weighted by Gasteiger charge is -2.11. The van der Waals surface area contributed by atoms with Gasteiger partial charge in [0.2, 0.25) is 0 Å². The maximum absolute atomic E-state index is 9.73. The zero-order valence-electron chi connectivity index (χ0n) is 10.1. The Bertz CT molecular complexity index is 287. The molecule has 0 spiro atoms. The van der Waals surface area contributed by atoms with E-state index in [4.69, 9.17) is 0 Å². The van der Waals surface area contributed by atoms with Crippen LogP contribution in [0.4, 0.5) is 0 Å². The third kappa shape index (κ3) is 4.31. The van der Waals surface area contributed by atoms with Gasteiger partial charge in [0, 0.05) is 11.3 Å². The lowest BCUT2D eigenvalue weighted by atomic mass is 10.0. The van der Waals surface area contributed by atoms with Gasteiger partial charge in [-0.15, -0.1) is 11.3 Å². The molecule has 0 saturated heterocycles. The molecule has 1 unspecified atom stereocenters. The Kier molecular flexibility index (Phi) is 4.74. The first-order valence-corrected chi connectivity index (χ1v) is 6.41. The number of aliphatic hydroxyl groups excluding tert-OH is 1. The van der Waals surface area contributed by atoms with Crippen LogP contribution in [0.5, 0.6) is 0 Å². The Morgan fingerprint density at radius 1 is 1.33 bits per heavy atom. The highest BCUT2D eigenvalue weighted by Gasteiger charge is 2.09. The second kappa shape index (κ2) is 5.61. The Labute approximate surface area is 96.4 Å². The molecule has 1 atom stereocenters. The first-order chi connectivity index (χ1) is 6.99. The highest BCUT2D eigenvalue weighted by atomic mass is 32.1. The van der Waals surface area contributed by atoms with Crippen LogP contribution in [0.2, 0.25) is 0 Å². The van der Waals surface area contributed by atoms with Gasteiger partial charge in [-0.25, -0.2) is 4.98 Å². The van der Waals surface area contributed by atoms with Crippen molar-refractivity contribution in [3.8, 4) is 0 Å². The summed E-state index contributed by atoms with van der Waals surface area (Å²) < 4.78 is 0. The zero-order chi connectivity index (χ0) is 11.4. The number of aromatic nitrogens is 1. The summed E-state index contributed by atoms with van der Waals surface area (Å²) in [6.07, 6.45) is 2.47. The van der Waals surface area contributed by atoms with Crippen molar-refractivity contribution in [1.29, 1.82) is 0 Å². The van der Waals surface area contributed by atoms with Crippen LogP contribution in [0.3, 0.4) is 0 Å². The molecule has 0 fully saturated rings. The third-order valence-electron chi connectivity index (χ3n) is 2.51. The molecule has 0 aliphatic heterocycles. The number of hydrogen-bond acceptors (Lipinski definition) is 3. The van der Waals surface area contributed by atoms with Crippen LogP contribution in [0.25, 0.3) is 0 Å². The van der Waals surface area contributed by atoms with Crippen molar-refractivity contribution in [1.82, 2.24) is 4.98 Å². The van der Waals surface area contributed by atoms with Gasteiger partial charge in [0.15, 0.2) is 0 Å². The second-order valence-corrected chi connectivity index (χ2v) is 5.86. The van der Waals surface area contributed by atoms with E-state index in [9.17, 15) is 5.11 Å². The van der Waals surface area contributed by atoms with E-state index in [2.05, 4.69) is 25.8 Å². The van der Waals surface area contributed by atoms with Crippen molar-refractivity contribution in [2.45, 2.75) is 53.1 Å². The average Bonchev–Trinajstić information content (AvgIpc) is 2.42. The van der Waals surface area contributed by atoms with Gasteiger partial charge in [0.1, 0.15) is 0 Å². The van der Waals surface area contributed by atoms with Gasteiger partial charge in [-0.1, -0.05) is 13.8 Å². The molecule has 0 amide bonds. The summed E-state index contributed by atoms with van der Waals surface area (Å²) in [7, 11) is 0. The van der Waals surface area contributed by atoms with Crippen LogP contribution in [-0.4, -0.2) is 16.2 Å². The highest BCUT2D eigenvalue weighted by Crippen LogP contribution is 2.19. The summed E-state index contributed by atoms with van der Waals surface area (Å²) in [5, 5.41) is 10.9. The summed E-state index contributed by atoms with van der Waals surface area (Å²) >= 11 is 1.75. The summed E-state index contributed by atoms with van der Waals surface area (Å²) in [4.78, 5) is 5.76. The smallest absolute Gasteiger partial charge is 0.0931 e. The Morgan fingerprint density at radius 3 is 2.47 bits per heavy atom. The summed E-state index contributed by atoms with van der Waals surface area (Å²) in [5.41, 5.74) is 1.13. The quantitative estimate of drug-likeness (QED) is 0.838. The van der Waals surface area contributed by atoms with E-state index in [1.54, 1.807) is 11.3 Å². The molecule has 1 aromatic rings. The molecular weight excluding hydrogens is 206 g/mol. The molecule has 1 N–H and O–H groups in total. The Hall–Kier alpha value is -0.410. The maximum Gasteiger partial charge on any atom is 0.0931 e. The molecular formula is C12H21NOS. The van der Waals surface area contributed by atoms with Crippen LogP contribution in [-0.2, 0) is 6.42 Å². The molecule has 1 heterocycles. The molecule has 1 aromatic heterocycles. The third-order valence-corrected chi connectivity index (χ3v) is 3.64. The van der Waals surface area contributed by atoms with E-state index < -0.39 is 0 Å². The van der Waals surface area contributed by atoms with Crippen molar-refractivity contribution < 1.29 is 5.11 Å². The first kappa shape index (κ1) is 12.7. The molecule has 0 aliphatic rings. The van der Waals surface area contributed by atoms with E-state index >= 15 is 0 Å². The van der Waals surface area contributed by atoms with Crippen LogP contribution < -0.4 is 0 Å². The fourth-order valence-corrected chi connectivity index (χ4v) is 2.55.